The van der Waals surface area contributed by atoms with Gasteiger partial charge in [-0.1, -0.05) is 27.7 Å². The number of nitrogens with two attached hydrogens (primary N) is 1. The minimum Gasteiger partial charge on any atom is -0.330 e. The summed E-state index contributed by atoms with van der Waals surface area (Å²) in [6.45, 7) is 9.00. The molecular weight excluding hydrogens is 174 g/mol. The predicted octanol–water partition coefficient (Wildman–Crippen LogP) is 2.61. The Labute approximate surface area is 88.3 Å². The van der Waals surface area contributed by atoms with Gasteiger partial charge in [0.2, 0.25) is 0 Å². The lowest BCUT2D eigenvalue weighted by Crippen LogP contribution is -2.22. The third-order valence-corrected chi connectivity index (χ3v) is 2.48. The number of carbonyl (C=O) groups is 1. The molecule has 2 nitrogen and oxygen atoms in total. The van der Waals surface area contributed by atoms with Crippen LogP contribution in [-0.4, -0.2) is 12.3 Å². The summed E-state index contributed by atoms with van der Waals surface area (Å²) in [7, 11) is 0. The summed E-state index contributed by atoms with van der Waals surface area (Å²) in [4.78, 5) is 11.8. The Bertz CT molecular complexity index is 164. The van der Waals surface area contributed by atoms with Crippen LogP contribution in [0.25, 0.3) is 0 Å². The molecule has 1 atom stereocenters. The highest BCUT2D eigenvalue weighted by Crippen LogP contribution is 2.21. The minimum atomic E-state index is 0.163. The molecule has 0 saturated heterocycles. The molecular formula is C12H25NO. The molecule has 0 rings (SSSR count). The number of carbonyl (C=O) groups excluding carboxylic acids is 1. The van der Waals surface area contributed by atoms with Gasteiger partial charge in [-0.15, -0.1) is 0 Å². The standard InChI is InChI=1S/C12H25NO/c1-9(2)8-11(6-5-7-13)12(14)10(3)4/h9-11H,5-8,13H2,1-4H3. The van der Waals surface area contributed by atoms with Gasteiger partial charge in [0.15, 0.2) is 0 Å². The number of Topliss-reactive ketones (excluding diaryl/α,β-unsaturated/α-hetero) is 1. The summed E-state index contributed by atoms with van der Waals surface area (Å²) in [6, 6.07) is 0. The van der Waals surface area contributed by atoms with E-state index in [2.05, 4.69) is 13.8 Å². The zero-order chi connectivity index (χ0) is 11.1. The highest BCUT2D eigenvalue weighted by Gasteiger charge is 2.21. The molecule has 0 heterocycles. The van der Waals surface area contributed by atoms with Crippen molar-refractivity contribution in [3.63, 3.8) is 0 Å². The lowest BCUT2D eigenvalue weighted by molar-refractivity contribution is -0.126. The molecule has 0 aliphatic carbocycles. The fraction of sp³-hybridized carbons (Fsp3) is 0.917. The van der Waals surface area contributed by atoms with E-state index in [0.29, 0.717) is 18.2 Å². The van der Waals surface area contributed by atoms with E-state index in [-0.39, 0.29) is 11.8 Å². The third kappa shape index (κ3) is 5.38. The van der Waals surface area contributed by atoms with Crippen LogP contribution < -0.4 is 5.73 Å². The quantitative estimate of drug-likeness (QED) is 0.685. The fourth-order valence-corrected chi connectivity index (χ4v) is 1.78. The van der Waals surface area contributed by atoms with Gasteiger partial charge in [0.25, 0.3) is 0 Å². The molecule has 0 spiro atoms. The molecule has 14 heavy (non-hydrogen) atoms. The second-order valence-corrected chi connectivity index (χ2v) is 4.81. The van der Waals surface area contributed by atoms with Gasteiger partial charge in [-0.3, -0.25) is 4.79 Å². The van der Waals surface area contributed by atoms with Crippen molar-refractivity contribution >= 4 is 5.78 Å². The molecule has 84 valence electrons. The Morgan fingerprint density at radius 3 is 2.14 bits per heavy atom. The van der Waals surface area contributed by atoms with Gasteiger partial charge in [-0.25, -0.2) is 0 Å². The van der Waals surface area contributed by atoms with E-state index in [1.165, 1.54) is 0 Å². The average molecular weight is 199 g/mol. The molecule has 0 radical (unpaired) electrons. The second kappa shape index (κ2) is 6.99. The molecule has 0 aliphatic heterocycles. The summed E-state index contributed by atoms with van der Waals surface area (Å²) in [5.41, 5.74) is 5.47. The monoisotopic (exact) mass is 199 g/mol. The molecule has 1 unspecified atom stereocenters. The van der Waals surface area contributed by atoms with Crippen LogP contribution in [0.3, 0.4) is 0 Å². The van der Waals surface area contributed by atoms with Crippen molar-refractivity contribution in [3.8, 4) is 0 Å². The van der Waals surface area contributed by atoms with Crippen LogP contribution in [0.15, 0.2) is 0 Å². The molecule has 2 N–H and O–H groups in total. The maximum Gasteiger partial charge on any atom is 0.138 e. The molecule has 0 bridgehead atoms. The lowest BCUT2D eigenvalue weighted by atomic mass is 9.85. The Morgan fingerprint density at radius 1 is 1.21 bits per heavy atom. The van der Waals surface area contributed by atoms with Gasteiger partial charge in [0.05, 0.1) is 0 Å². The van der Waals surface area contributed by atoms with Crippen LogP contribution in [0.1, 0.15) is 47.0 Å². The predicted molar refractivity (Wildman–Crippen MR) is 61.1 cm³/mol. The number of hydrogen-bond acceptors (Lipinski definition) is 2. The van der Waals surface area contributed by atoms with Gasteiger partial charge in [-0.2, -0.15) is 0 Å². The summed E-state index contributed by atoms with van der Waals surface area (Å²) in [6.07, 6.45) is 2.94. The van der Waals surface area contributed by atoms with E-state index >= 15 is 0 Å². The molecule has 0 aliphatic rings. The molecule has 0 aromatic heterocycles. The summed E-state index contributed by atoms with van der Waals surface area (Å²) >= 11 is 0. The maximum absolute atomic E-state index is 11.8. The van der Waals surface area contributed by atoms with Crippen molar-refractivity contribution in [1.82, 2.24) is 0 Å². The summed E-state index contributed by atoms with van der Waals surface area (Å²) in [5.74, 6) is 1.41. The second-order valence-electron chi connectivity index (χ2n) is 4.81. The van der Waals surface area contributed by atoms with Crippen molar-refractivity contribution in [2.75, 3.05) is 6.54 Å². The van der Waals surface area contributed by atoms with Gasteiger partial charge >= 0.3 is 0 Å². The average Bonchev–Trinajstić information content (AvgIpc) is 2.10. The van der Waals surface area contributed by atoms with Crippen LogP contribution >= 0.6 is 0 Å². The van der Waals surface area contributed by atoms with Gasteiger partial charge in [0, 0.05) is 11.8 Å². The van der Waals surface area contributed by atoms with Gasteiger partial charge in [-0.05, 0) is 31.7 Å². The number of rotatable bonds is 7. The normalized spacial score (nSPS) is 13.6. The number of hydrogen-bond donors (Lipinski definition) is 1. The zero-order valence-electron chi connectivity index (χ0n) is 10.0. The van der Waals surface area contributed by atoms with Crippen molar-refractivity contribution in [3.05, 3.63) is 0 Å². The summed E-state index contributed by atoms with van der Waals surface area (Å²) in [5, 5.41) is 0. The Kier molecular flexibility index (Phi) is 6.81. The van der Waals surface area contributed by atoms with Crippen LogP contribution in [0.4, 0.5) is 0 Å². The van der Waals surface area contributed by atoms with E-state index in [4.69, 9.17) is 5.73 Å². The maximum atomic E-state index is 11.8. The molecule has 0 saturated carbocycles. The van der Waals surface area contributed by atoms with Crippen LogP contribution in [0, 0.1) is 17.8 Å². The van der Waals surface area contributed by atoms with E-state index in [9.17, 15) is 4.79 Å². The van der Waals surface area contributed by atoms with Gasteiger partial charge < -0.3 is 5.73 Å². The highest BCUT2D eigenvalue weighted by molar-refractivity contribution is 5.82. The molecule has 0 fully saturated rings. The largest absolute Gasteiger partial charge is 0.330 e. The topological polar surface area (TPSA) is 43.1 Å². The first-order valence-corrected chi connectivity index (χ1v) is 5.72. The molecule has 2 heteroatoms. The SMILES string of the molecule is CC(C)CC(CCCN)C(=O)C(C)C. The first-order valence-electron chi connectivity index (χ1n) is 5.72. The van der Waals surface area contributed by atoms with Gasteiger partial charge in [0.1, 0.15) is 5.78 Å². The zero-order valence-corrected chi connectivity index (χ0v) is 10.0. The lowest BCUT2D eigenvalue weighted by Gasteiger charge is -2.19. The van der Waals surface area contributed by atoms with Crippen LogP contribution in [-0.2, 0) is 4.79 Å². The first kappa shape index (κ1) is 13.6. The van der Waals surface area contributed by atoms with E-state index in [1.807, 2.05) is 13.8 Å². The molecule has 0 amide bonds. The molecule has 0 aromatic carbocycles. The third-order valence-electron chi connectivity index (χ3n) is 2.48. The van der Waals surface area contributed by atoms with E-state index in [0.717, 1.165) is 19.3 Å². The van der Waals surface area contributed by atoms with Crippen molar-refractivity contribution in [1.29, 1.82) is 0 Å². The van der Waals surface area contributed by atoms with Crippen molar-refractivity contribution in [2.24, 2.45) is 23.5 Å². The Balaban J connectivity index is 4.15. The number of ketones is 1. The molecule has 0 aromatic rings. The Morgan fingerprint density at radius 2 is 1.79 bits per heavy atom. The Hall–Kier alpha value is -0.370. The minimum absolute atomic E-state index is 0.163. The van der Waals surface area contributed by atoms with Crippen LogP contribution in [0.2, 0.25) is 0 Å². The first-order chi connectivity index (χ1) is 6.49. The summed E-state index contributed by atoms with van der Waals surface area (Å²) < 4.78 is 0. The van der Waals surface area contributed by atoms with E-state index in [1.54, 1.807) is 0 Å². The fourth-order valence-electron chi connectivity index (χ4n) is 1.78. The highest BCUT2D eigenvalue weighted by atomic mass is 16.1. The smallest absolute Gasteiger partial charge is 0.138 e. The van der Waals surface area contributed by atoms with Crippen LogP contribution in [0.5, 0.6) is 0 Å². The van der Waals surface area contributed by atoms with E-state index < -0.39 is 0 Å². The van der Waals surface area contributed by atoms with Crippen molar-refractivity contribution < 1.29 is 4.79 Å². The van der Waals surface area contributed by atoms with Crippen molar-refractivity contribution in [2.45, 2.75) is 47.0 Å².